The number of methoxy groups -OCH3 is 1. The van der Waals surface area contributed by atoms with Crippen LogP contribution in [0.4, 0.5) is 4.39 Å². The number of rotatable bonds is 8. The summed E-state index contributed by atoms with van der Waals surface area (Å²) in [4.78, 5) is 0. The van der Waals surface area contributed by atoms with Crippen molar-refractivity contribution < 1.29 is 13.9 Å². The third-order valence-corrected chi connectivity index (χ3v) is 2.34. The van der Waals surface area contributed by atoms with Crippen molar-refractivity contribution in [2.45, 2.75) is 6.54 Å². The van der Waals surface area contributed by atoms with E-state index in [4.69, 9.17) is 14.7 Å². The van der Waals surface area contributed by atoms with Crippen LogP contribution < -0.4 is 5.32 Å². The molecule has 0 spiro atoms. The number of nitrogens with zero attached hydrogens (tertiary/aromatic N) is 1. The fourth-order valence-electron chi connectivity index (χ4n) is 1.39. The molecule has 1 N–H and O–H groups in total. The first kappa shape index (κ1) is 14.6. The predicted molar refractivity (Wildman–Crippen MR) is 65.5 cm³/mol. The molecule has 0 unspecified atom stereocenters. The molecule has 0 aromatic heterocycles. The molecule has 0 heterocycles. The van der Waals surface area contributed by atoms with Crippen LogP contribution in [0.2, 0.25) is 0 Å². The maximum absolute atomic E-state index is 13.1. The highest BCUT2D eigenvalue weighted by Gasteiger charge is 2.02. The van der Waals surface area contributed by atoms with Crippen molar-refractivity contribution in [3.05, 3.63) is 35.1 Å². The van der Waals surface area contributed by atoms with E-state index in [0.29, 0.717) is 32.9 Å². The summed E-state index contributed by atoms with van der Waals surface area (Å²) in [6.45, 7) is 3.04. The second-order valence-electron chi connectivity index (χ2n) is 3.71. The molecular formula is C13H17FN2O2. The second kappa shape index (κ2) is 8.59. The summed E-state index contributed by atoms with van der Waals surface area (Å²) >= 11 is 0. The van der Waals surface area contributed by atoms with Gasteiger partial charge in [0.2, 0.25) is 0 Å². The van der Waals surface area contributed by atoms with Crippen LogP contribution in [-0.4, -0.2) is 33.5 Å². The van der Waals surface area contributed by atoms with E-state index < -0.39 is 5.82 Å². The first-order valence-corrected chi connectivity index (χ1v) is 5.74. The minimum absolute atomic E-state index is 0.0747. The molecule has 0 radical (unpaired) electrons. The van der Waals surface area contributed by atoms with E-state index in [2.05, 4.69) is 5.32 Å². The third-order valence-electron chi connectivity index (χ3n) is 2.34. The smallest absolute Gasteiger partial charge is 0.140 e. The van der Waals surface area contributed by atoms with Gasteiger partial charge >= 0.3 is 0 Å². The molecule has 1 aromatic carbocycles. The van der Waals surface area contributed by atoms with Crippen molar-refractivity contribution in [1.82, 2.24) is 5.32 Å². The number of hydrogen-bond donors (Lipinski definition) is 1. The van der Waals surface area contributed by atoms with Crippen LogP contribution in [0.3, 0.4) is 0 Å². The number of hydrogen-bond acceptors (Lipinski definition) is 4. The summed E-state index contributed by atoms with van der Waals surface area (Å²) in [6, 6.07) is 6.34. The molecule has 0 aliphatic carbocycles. The normalized spacial score (nSPS) is 10.3. The molecular weight excluding hydrogens is 235 g/mol. The zero-order valence-corrected chi connectivity index (χ0v) is 10.4. The lowest BCUT2D eigenvalue weighted by atomic mass is 10.1. The number of nitriles is 1. The van der Waals surface area contributed by atoms with Crippen LogP contribution in [0.1, 0.15) is 11.1 Å². The monoisotopic (exact) mass is 252 g/mol. The molecule has 18 heavy (non-hydrogen) atoms. The molecule has 0 amide bonds. The molecule has 0 saturated heterocycles. The summed E-state index contributed by atoms with van der Waals surface area (Å²) in [6.07, 6.45) is 0. The van der Waals surface area contributed by atoms with Crippen LogP contribution in [0.15, 0.2) is 18.2 Å². The van der Waals surface area contributed by atoms with E-state index in [1.54, 1.807) is 19.2 Å². The summed E-state index contributed by atoms with van der Waals surface area (Å²) in [5.41, 5.74) is 0.954. The SMILES string of the molecule is COCCOCCNCc1ccc(F)c(C#N)c1. The van der Waals surface area contributed by atoms with Gasteiger partial charge in [-0.05, 0) is 17.7 Å². The van der Waals surface area contributed by atoms with E-state index in [0.717, 1.165) is 5.56 Å². The number of nitrogens with one attached hydrogen (secondary N) is 1. The van der Waals surface area contributed by atoms with Crippen molar-refractivity contribution in [3.8, 4) is 6.07 Å². The first-order chi connectivity index (χ1) is 8.77. The van der Waals surface area contributed by atoms with Gasteiger partial charge in [-0.1, -0.05) is 6.07 Å². The van der Waals surface area contributed by atoms with E-state index in [1.165, 1.54) is 6.07 Å². The highest BCUT2D eigenvalue weighted by Crippen LogP contribution is 2.09. The number of halogens is 1. The van der Waals surface area contributed by atoms with Gasteiger partial charge < -0.3 is 14.8 Å². The topological polar surface area (TPSA) is 54.3 Å². The highest BCUT2D eigenvalue weighted by atomic mass is 19.1. The third kappa shape index (κ3) is 5.23. The highest BCUT2D eigenvalue weighted by molar-refractivity contribution is 5.34. The Bertz CT molecular complexity index is 404. The lowest BCUT2D eigenvalue weighted by Crippen LogP contribution is -2.20. The van der Waals surface area contributed by atoms with Crippen LogP contribution in [0.5, 0.6) is 0 Å². The van der Waals surface area contributed by atoms with Crippen LogP contribution >= 0.6 is 0 Å². The maximum atomic E-state index is 13.1. The summed E-state index contributed by atoms with van der Waals surface area (Å²) < 4.78 is 23.2. The molecule has 1 aromatic rings. The van der Waals surface area contributed by atoms with Gasteiger partial charge in [0.1, 0.15) is 11.9 Å². The number of benzene rings is 1. The lowest BCUT2D eigenvalue weighted by molar-refractivity contribution is 0.0719. The van der Waals surface area contributed by atoms with Crippen LogP contribution in [0, 0.1) is 17.1 Å². The van der Waals surface area contributed by atoms with Crippen molar-refractivity contribution >= 4 is 0 Å². The Morgan fingerprint density at radius 1 is 1.33 bits per heavy atom. The van der Waals surface area contributed by atoms with E-state index in [-0.39, 0.29) is 5.56 Å². The zero-order valence-electron chi connectivity index (χ0n) is 10.4. The van der Waals surface area contributed by atoms with Gasteiger partial charge in [-0.3, -0.25) is 0 Å². The quantitative estimate of drug-likeness (QED) is 0.711. The van der Waals surface area contributed by atoms with E-state index in [1.807, 2.05) is 6.07 Å². The average molecular weight is 252 g/mol. The second-order valence-corrected chi connectivity index (χ2v) is 3.71. The predicted octanol–water partition coefficient (Wildman–Crippen LogP) is 1.45. The Morgan fingerprint density at radius 2 is 2.17 bits per heavy atom. The zero-order chi connectivity index (χ0) is 13.2. The number of ether oxygens (including phenoxy) is 2. The van der Waals surface area contributed by atoms with Crippen molar-refractivity contribution in [3.63, 3.8) is 0 Å². The summed E-state index contributed by atoms with van der Waals surface area (Å²) in [5.74, 6) is -0.482. The summed E-state index contributed by atoms with van der Waals surface area (Å²) in [7, 11) is 1.63. The van der Waals surface area contributed by atoms with Gasteiger partial charge in [0.25, 0.3) is 0 Å². The van der Waals surface area contributed by atoms with Gasteiger partial charge in [0, 0.05) is 20.2 Å². The minimum Gasteiger partial charge on any atom is -0.382 e. The van der Waals surface area contributed by atoms with E-state index in [9.17, 15) is 4.39 Å². The molecule has 0 fully saturated rings. The largest absolute Gasteiger partial charge is 0.382 e. The molecule has 0 aliphatic heterocycles. The van der Waals surface area contributed by atoms with E-state index >= 15 is 0 Å². The molecule has 0 atom stereocenters. The molecule has 98 valence electrons. The van der Waals surface area contributed by atoms with Gasteiger partial charge in [-0.15, -0.1) is 0 Å². The molecule has 0 aliphatic rings. The standard InChI is InChI=1S/C13H17FN2O2/c1-17-6-7-18-5-4-16-10-11-2-3-13(14)12(8-11)9-15/h2-3,8,16H,4-7,10H2,1H3. The van der Waals surface area contributed by atoms with Gasteiger partial charge in [-0.25, -0.2) is 4.39 Å². The van der Waals surface area contributed by atoms with Crippen LogP contribution in [0.25, 0.3) is 0 Å². The Labute approximate surface area is 106 Å². The first-order valence-electron chi connectivity index (χ1n) is 5.74. The molecule has 0 bridgehead atoms. The Morgan fingerprint density at radius 3 is 2.89 bits per heavy atom. The van der Waals surface area contributed by atoms with Gasteiger partial charge in [0.15, 0.2) is 0 Å². The van der Waals surface area contributed by atoms with Crippen molar-refractivity contribution in [1.29, 1.82) is 5.26 Å². The minimum atomic E-state index is -0.482. The maximum Gasteiger partial charge on any atom is 0.140 e. The summed E-state index contributed by atoms with van der Waals surface area (Å²) in [5, 5.41) is 11.8. The van der Waals surface area contributed by atoms with Gasteiger partial charge in [-0.2, -0.15) is 5.26 Å². The van der Waals surface area contributed by atoms with Crippen molar-refractivity contribution in [2.24, 2.45) is 0 Å². The molecule has 1 rings (SSSR count). The Kier molecular flexibility index (Phi) is 6.96. The van der Waals surface area contributed by atoms with Crippen molar-refractivity contribution in [2.75, 3.05) is 33.5 Å². The Balaban J connectivity index is 2.22. The molecule has 0 saturated carbocycles. The van der Waals surface area contributed by atoms with Crippen LogP contribution in [-0.2, 0) is 16.0 Å². The fourth-order valence-corrected chi connectivity index (χ4v) is 1.39. The fraction of sp³-hybridized carbons (Fsp3) is 0.462. The lowest BCUT2D eigenvalue weighted by Gasteiger charge is -2.06. The van der Waals surface area contributed by atoms with Gasteiger partial charge in [0.05, 0.1) is 25.4 Å². The molecule has 4 nitrogen and oxygen atoms in total. The molecule has 5 heteroatoms. The Hall–Kier alpha value is -1.48. The average Bonchev–Trinajstić information content (AvgIpc) is 2.39.